The molecular weight excluding hydrogens is 312 g/mol. The summed E-state index contributed by atoms with van der Waals surface area (Å²) in [5.41, 5.74) is 0. The topological polar surface area (TPSA) is 83.9 Å². The molecule has 120 valence electrons. The molecule has 2 aliphatic rings. The summed E-state index contributed by atoms with van der Waals surface area (Å²) < 4.78 is 0. The zero-order valence-corrected chi connectivity index (χ0v) is 13.5. The Kier molecular flexibility index (Phi) is 3.90. The lowest BCUT2D eigenvalue weighted by Crippen LogP contribution is -2.41. The maximum Gasteiger partial charge on any atom is 0.231 e. The summed E-state index contributed by atoms with van der Waals surface area (Å²) in [6.45, 7) is 1.58. The highest BCUT2D eigenvalue weighted by Crippen LogP contribution is 2.42. The summed E-state index contributed by atoms with van der Waals surface area (Å²) in [5.74, 6) is 1.37. The van der Waals surface area contributed by atoms with Gasteiger partial charge in [0.15, 0.2) is 0 Å². The fraction of sp³-hybridized carbons (Fsp3) is 0.533. The molecule has 4 rings (SSSR count). The summed E-state index contributed by atoms with van der Waals surface area (Å²) in [6.07, 6.45) is 9.32. The predicted octanol–water partition coefficient (Wildman–Crippen LogP) is 2.06. The summed E-state index contributed by atoms with van der Waals surface area (Å²) >= 11 is 1.50. The Bertz CT molecular complexity index is 686. The van der Waals surface area contributed by atoms with Gasteiger partial charge >= 0.3 is 0 Å². The second-order valence-corrected chi connectivity index (χ2v) is 7.07. The molecule has 1 saturated carbocycles. The molecule has 0 radical (unpaired) electrons. The lowest BCUT2D eigenvalue weighted by molar-refractivity contribution is -0.120. The van der Waals surface area contributed by atoms with Crippen molar-refractivity contribution in [3.63, 3.8) is 0 Å². The standard InChI is InChI=1S/C15H18N6OS/c22-13(18-15-20-19-14(23-15)10-3-4-10)11-2-1-7-21(9-11)12-8-16-5-6-17-12/h5-6,8,10-11H,1-4,7,9H2,(H,18,20,22). The van der Waals surface area contributed by atoms with Crippen LogP contribution < -0.4 is 10.2 Å². The zero-order valence-electron chi connectivity index (χ0n) is 12.7. The number of aromatic nitrogens is 4. The Labute approximate surface area is 138 Å². The Morgan fingerprint density at radius 2 is 2.17 bits per heavy atom. The van der Waals surface area contributed by atoms with Gasteiger partial charge in [0.25, 0.3) is 0 Å². The van der Waals surface area contributed by atoms with E-state index in [-0.39, 0.29) is 11.8 Å². The van der Waals surface area contributed by atoms with Gasteiger partial charge in [0.1, 0.15) is 10.8 Å². The van der Waals surface area contributed by atoms with E-state index in [9.17, 15) is 4.79 Å². The van der Waals surface area contributed by atoms with Crippen LogP contribution in [0.4, 0.5) is 10.9 Å². The maximum absolute atomic E-state index is 12.5. The van der Waals surface area contributed by atoms with Gasteiger partial charge in [0.05, 0.1) is 12.1 Å². The van der Waals surface area contributed by atoms with Crippen molar-refractivity contribution in [2.75, 3.05) is 23.3 Å². The molecule has 1 N–H and O–H groups in total. The van der Waals surface area contributed by atoms with Gasteiger partial charge in [-0.1, -0.05) is 11.3 Å². The molecule has 2 aromatic heterocycles. The van der Waals surface area contributed by atoms with Gasteiger partial charge in [-0.15, -0.1) is 10.2 Å². The fourth-order valence-electron chi connectivity index (χ4n) is 2.84. The third kappa shape index (κ3) is 3.31. The van der Waals surface area contributed by atoms with Crippen LogP contribution in [0.1, 0.15) is 36.6 Å². The number of hydrogen-bond donors (Lipinski definition) is 1. The van der Waals surface area contributed by atoms with E-state index in [1.807, 2.05) is 0 Å². The summed E-state index contributed by atoms with van der Waals surface area (Å²) in [5, 5.41) is 12.8. The molecule has 2 fully saturated rings. The highest BCUT2D eigenvalue weighted by molar-refractivity contribution is 7.15. The van der Waals surface area contributed by atoms with E-state index in [4.69, 9.17) is 0 Å². The van der Waals surface area contributed by atoms with E-state index in [0.717, 1.165) is 30.2 Å². The molecule has 0 spiro atoms. The first-order valence-electron chi connectivity index (χ1n) is 7.95. The normalized spacial score (nSPS) is 21.2. The minimum absolute atomic E-state index is 0.0251. The Balaban J connectivity index is 1.39. The van der Waals surface area contributed by atoms with Crippen LogP contribution in [0.2, 0.25) is 0 Å². The molecule has 0 aromatic carbocycles. The van der Waals surface area contributed by atoms with Gasteiger partial charge in [-0.3, -0.25) is 9.78 Å². The molecule has 1 saturated heterocycles. The molecule has 3 heterocycles. The van der Waals surface area contributed by atoms with Crippen molar-refractivity contribution >= 4 is 28.2 Å². The summed E-state index contributed by atoms with van der Waals surface area (Å²) in [7, 11) is 0. The van der Waals surface area contributed by atoms with Crippen LogP contribution in [0.25, 0.3) is 0 Å². The molecule has 1 atom stereocenters. The minimum Gasteiger partial charge on any atom is -0.355 e. The van der Waals surface area contributed by atoms with Crippen molar-refractivity contribution in [1.29, 1.82) is 0 Å². The van der Waals surface area contributed by atoms with Gasteiger partial charge in [-0.25, -0.2) is 4.98 Å². The van der Waals surface area contributed by atoms with Crippen molar-refractivity contribution in [3.05, 3.63) is 23.6 Å². The van der Waals surface area contributed by atoms with Gasteiger partial charge in [-0.2, -0.15) is 0 Å². The van der Waals surface area contributed by atoms with E-state index in [0.29, 0.717) is 17.6 Å². The predicted molar refractivity (Wildman–Crippen MR) is 87.5 cm³/mol. The molecule has 1 unspecified atom stereocenters. The van der Waals surface area contributed by atoms with Crippen molar-refractivity contribution in [3.8, 4) is 0 Å². The van der Waals surface area contributed by atoms with E-state index >= 15 is 0 Å². The first-order valence-corrected chi connectivity index (χ1v) is 8.76. The van der Waals surface area contributed by atoms with Crippen molar-refractivity contribution < 1.29 is 4.79 Å². The molecule has 8 heteroatoms. The number of amides is 1. The SMILES string of the molecule is O=C(Nc1nnc(C2CC2)s1)C1CCCN(c2cnccn2)C1. The molecule has 1 aliphatic carbocycles. The lowest BCUT2D eigenvalue weighted by Gasteiger charge is -2.32. The molecule has 1 amide bonds. The number of anilines is 2. The van der Waals surface area contributed by atoms with Crippen LogP contribution in [0, 0.1) is 5.92 Å². The van der Waals surface area contributed by atoms with E-state index in [1.54, 1.807) is 18.6 Å². The number of carbonyl (C=O) groups excluding carboxylic acids is 1. The van der Waals surface area contributed by atoms with Crippen molar-refractivity contribution in [2.24, 2.45) is 5.92 Å². The largest absolute Gasteiger partial charge is 0.355 e. The fourth-order valence-corrected chi connectivity index (χ4v) is 3.76. The van der Waals surface area contributed by atoms with Crippen LogP contribution in [0.3, 0.4) is 0 Å². The van der Waals surface area contributed by atoms with Gasteiger partial charge in [0.2, 0.25) is 11.0 Å². The number of hydrogen-bond acceptors (Lipinski definition) is 7. The highest BCUT2D eigenvalue weighted by Gasteiger charge is 2.30. The van der Waals surface area contributed by atoms with Crippen LogP contribution >= 0.6 is 11.3 Å². The minimum atomic E-state index is -0.0565. The van der Waals surface area contributed by atoms with E-state index in [1.165, 1.54) is 24.2 Å². The maximum atomic E-state index is 12.5. The second-order valence-electron chi connectivity index (χ2n) is 6.06. The summed E-state index contributed by atoms with van der Waals surface area (Å²) in [4.78, 5) is 23.0. The molecule has 1 aliphatic heterocycles. The molecule has 7 nitrogen and oxygen atoms in total. The van der Waals surface area contributed by atoms with Gasteiger partial charge < -0.3 is 10.2 Å². The Morgan fingerprint density at radius 3 is 2.96 bits per heavy atom. The second kappa shape index (κ2) is 6.19. The van der Waals surface area contributed by atoms with Crippen LogP contribution in [-0.4, -0.2) is 39.2 Å². The number of nitrogens with one attached hydrogen (secondary N) is 1. The molecule has 0 bridgehead atoms. The number of carbonyl (C=O) groups is 1. The van der Waals surface area contributed by atoms with Crippen molar-refractivity contribution in [2.45, 2.75) is 31.6 Å². The third-order valence-electron chi connectivity index (χ3n) is 4.26. The first kappa shape index (κ1) is 14.5. The number of rotatable bonds is 4. The molecule has 2 aromatic rings. The van der Waals surface area contributed by atoms with E-state index < -0.39 is 0 Å². The quantitative estimate of drug-likeness (QED) is 0.924. The van der Waals surface area contributed by atoms with Crippen molar-refractivity contribution in [1.82, 2.24) is 20.2 Å². The monoisotopic (exact) mass is 330 g/mol. The average molecular weight is 330 g/mol. The van der Waals surface area contributed by atoms with Crippen LogP contribution in [-0.2, 0) is 4.79 Å². The van der Waals surface area contributed by atoms with Crippen LogP contribution in [0.15, 0.2) is 18.6 Å². The number of piperidine rings is 1. The summed E-state index contributed by atoms with van der Waals surface area (Å²) in [6, 6.07) is 0. The smallest absolute Gasteiger partial charge is 0.231 e. The lowest BCUT2D eigenvalue weighted by atomic mass is 9.97. The third-order valence-corrected chi connectivity index (χ3v) is 5.26. The van der Waals surface area contributed by atoms with E-state index in [2.05, 4.69) is 30.4 Å². The molecular formula is C15H18N6OS. The first-order chi connectivity index (χ1) is 11.3. The van der Waals surface area contributed by atoms with Gasteiger partial charge in [0, 0.05) is 31.4 Å². The molecule has 23 heavy (non-hydrogen) atoms. The number of nitrogens with zero attached hydrogens (tertiary/aromatic N) is 5. The van der Waals surface area contributed by atoms with Crippen LogP contribution in [0.5, 0.6) is 0 Å². The zero-order chi connectivity index (χ0) is 15.6. The van der Waals surface area contributed by atoms with Gasteiger partial charge in [-0.05, 0) is 25.7 Å². The Hall–Kier alpha value is -2.09. The average Bonchev–Trinajstić information content (AvgIpc) is 3.36. The Morgan fingerprint density at radius 1 is 1.26 bits per heavy atom. The highest BCUT2D eigenvalue weighted by atomic mass is 32.1.